The summed E-state index contributed by atoms with van der Waals surface area (Å²) >= 11 is 0. The van der Waals surface area contributed by atoms with Crippen LogP contribution < -0.4 is 0 Å². The third-order valence-corrected chi connectivity index (χ3v) is 2.20. The van der Waals surface area contributed by atoms with Crippen molar-refractivity contribution in [3.63, 3.8) is 0 Å². The summed E-state index contributed by atoms with van der Waals surface area (Å²) in [5, 5.41) is 0. The highest BCUT2D eigenvalue weighted by Gasteiger charge is 1.95. The van der Waals surface area contributed by atoms with E-state index in [1.165, 1.54) is 16.7 Å². The Balaban J connectivity index is 3.02. The molecule has 0 nitrogen and oxygen atoms in total. The molecule has 0 N–H and O–H groups in total. The van der Waals surface area contributed by atoms with E-state index in [0.29, 0.717) is 0 Å². The highest BCUT2D eigenvalue weighted by atomic mass is 14.0. The lowest BCUT2D eigenvalue weighted by molar-refractivity contribution is 1.07. The van der Waals surface area contributed by atoms with Crippen LogP contribution in [0.4, 0.5) is 0 Å². The molecule has 0 aliphatic carbocycles. The maximum Gasteiger partial charge on any atom is -0.0305 e. The van der Waals surface area contributed by atoms with Gasteiger partial charge >= 0.3 is 0 Å². The van der Waals surface area contributed by atoms with Gasteiger partial charge in [0.05, 0.1) is 0 Å². The number of hydrogen-bond acceptors (Lipinski definition) is 0. The zero-order chi connectivity index (χ0) is 8.27. The molecule has 0 heteroatoms. The van der Waals surface area contributed by atoms with Crippen LogP contribution in [0.1, 0.15) is 30.5 Å². The molecule has 0 saturated carbocycles. The molecule has 0 heterocycles. The summed E-state index contributed by atoms with van der Waals surface area (Å²) in [6.07, 6.45) is 2.30. The first-order valence-electron chi connectivity index (χ1n) is 4.36. The van der Waals surface area contributed by atoms with Gasteiger partial charge in [0.25, 0.3) is 0 Å². The van der Waals surface area contributed by atoms with Gasteiger partial charge in [-0.25, -0.2) is 0 Å². The molecule has 1 rings (SSSR count). The van der Waals surface area contributed by atoms with Crippen LogP contribution in [-0.4, -0.2) is 0 Å². The smallest absolute Gasteiger partial charge is 0.0305 e. The molecule has 11 heavy (non-hydrogen) atoms. The number of hydrogen-bond donors (Lipinski definition) is 0. The maximum absolute atomic E-state index is 2.31. The van der Waals surface area contributed by atoms with Crippen LogP contribution in [0.5, 0.6) is 0 Å². The average Bonchev–Trinajstić information content (AvgIpc) is 2.05. The molecule has 0 atom stereocenters. The van der Waals surface area contributed by atoms with Crippen molar-refractivity contribution in [1.29, 1.82) is 0 Å². The summed E-state index contributed by atoms with van der Waals surface area (Å²) in [5.41, 5.74) is 4.36. The zero-order valence-electron chi connectivity index (χ0n) is 7.65. The molecular weight excluding hydrogens is 132 g/mol. The molecule has 0 unspecified atom stereocenters. The summed E-state index contributed by atoms with van der Waals surface area (Å²) in [7, 11) is 0. The van der Waals surface area contributed by atoms with Gasteiger partial charge in [0, 0.05) is 0 Å². The minimum Gasteiger partial charge on any atom is -0.0613 e. The predicted octanol–water partition coefficient (Wildman–Crippen LogP) is 3.12. The molecule has 0 amide bonds. The van der Waals surface area contributed by atoms with E-state index in [1.54, 1.807) is 0 Å². The van der Waals surface area contributed by atoms with Crippen molar-refractivity contribution in [1.82, 2.24) is 0 Å². The Labute approximate surface area is 69.3 Å². The lowest BCUT2D eigenvalue weighted by Gasteiger charge is -2.04. The fourth-order valence-electron chi connectivity index (χ4n) is 1.33. The normalized spacial score (nSPS) is 10.1. The molecule has 0 fully saturated rings. The molecule has 60 valence electrons. The van der Waals surface area contributed by atoms with Gasteiger partial charge in [-0.3, -0.25) is 0 Å². The predicted molar refractivity (Wildman–Crippen MR) is 49.9 cm³/mol. The third kappa shape index (κ3) is 1.83. The quantitative estimate of drug-likeness (QED) is 0.604. The molecule has 0 aromatic heterocycles. The molecule has 0 spiro atoms. The van der Waals surface area contributed by atoms with Crippen molar-refractivity contribution in [3.05, 3.63) is 34.9 Å². The molecular formula is C11H16. The van der Waals surface area contributed by atoms with E-state index < -0.39 is 0 Å². The van der Waals surface area contributed by atoms with Gasteiger partial charge < -0.3 is 0 Å². The summed E-state index contributed by atoms with van der Waals surface area (Å²) in [5.74, 6) is 0. The van der Waals surface area contributed by atoms with Gasteiger partial charge in [-0.1, -0.05) is 32.0 Å². The molecule has 1 aromatic carbocycles. The molecule has 0 aliphatic rings. The minimum absolute atomic E-state index is 1.15. The van der Waals surface area contributed by atoms with Crippen LogP contribution in [0.2, 0.25) is 0 Å². The first-order chi connectivity index (χ1) is 5.27. The van der Waals surface area contributed by atoms with Crippen LogP contribution in [-0.2, 0) is 12.8 Å². The second-order valence-electron chi connectivity index (χ2n) is 2.97. The molecule has 0 aliphatic heterocycles. The fourth-order valence-corrected chi connectivity index (χ4v) is 1.33. The van der Waals surface area contributed by atoms with E-state index in [4.69, 9.17) is 0 Å². The van der Waals surface area contributed by atoms with Crippen molar-refractivity contribution in [2.45, 2.75) is 33.6 Å². The van der Waals surface area contributed by atoms with Crippen molar-refractivity contribution < 1.29 is 0 Å². The van der Waals surface area contributed by atoms with E-state index in [1.807, 2.05) is 0 Å². The van der Waals surface area contributed by atoms with Crippen LogP contribution in [0.15, 0.2) is 18.2 Å². The van der Waals surface area contributed by atoms with Crippen LogP contribution >= 0.6 is 0 Å². The highest BCUT2D eigenvalue weighted by Crippen LogP contribution is 2.11. The maximum atomic E-state index is 2.31. The van der Waals surface area contributed by atoms with Crippen molar-refractivity contribution in [3.8, 4) is 0 Å². The van der Waals surface area contributed by atoms with E-state index in [0.717, 1.165) is 12.8 Å². The van der Waals surface area contributed by atoms with Crippen LogP contribution in [0.3, 0.4) is 0 Å². The SMILES string of the molecule is CCc1ccc(C)c(CC)c1. The van der Waals surface area contributed by atoms with Gasteiger partial charge in [-0.05, 0) is 36.5 Å². The largest absolute Gasteiger partial charge is 0.0613 e. The monoisotopic (exact) mass is 148 g/mol. The lowest BCUT2D eigenvalue weighted by atomic mass is 10.0. The van der Waals surface area contributed by atoms with Crippen LogP contribution in [0, 0.1) is 6.92 Å². The van der Waals surface area contributed by atoms with E-state index >= 15 is 0 Å². The minimum atomic E-state index is 1.15. The van der Waals surface area contributed by atoms with Crippen molar-refractivity contribution in [2.75, 3.05) is 0 Å². The van der Waals surface area contributed by atoms with E-state index in [2.05, 4.69) is 39.0 Å². The Kier molecular flexibility index (Phi) is 2.70. The highest BCUT2D eigenvalue weighted by molar-refractivity contribution is 5.30. The number of benzene rings is 1. The fraction of sp³-hybridized carbons (Fsp3) is 0.455. The van der Waals surface area contributed by atoms with E-state index in [9.17, 15) is 0 Å². The van der Waals surface area contributed by atoms with Gasteiger partial charge in [0.1, 0.15) is 0 Å². The summed E-state index contributed by atoms with van der Waals surface area (Å²) in [6, 6.07) is 6.75. The standard InChI is InChI=1S/C11H16/c1-4-10-7-6-9(3)11(5-2)8-10/h6-8H,4-5H2,1-3H3. The molecule has 0 bridgehead atoms. The summed E-state index contributed by atoms with van der Waals surface area (Å²) < 4.78 is 0. The number of aryl methyl sites for hydroxylation is 3. The van der Waals surface area contributed by atoms with Gasteiger partial charge in [0.15, 0.2) is 0 Å². The Morgan fingerprint density at radius 3 is 2.36 bits per heavy atom. The van der Waals surface area contributed by atoms with Crippen LogP contribution in [0.25, 0.3) is 0 Å². The summed E-state index contributed by atoms with van der Waals surface area (Å²) in [4.78, 5) is 0. The third-order valence-electron chi connectivity index (χ3n) is 2.20. The first-order valence-corrected chi connectivity index (χ1v) is 4.36. The van der Waals surface area contributed by atoms with E-state index in [-0.39, 0.29) is 0 Å². The molecule has 0 saturated heterocycles. The van der Waals surface area contributed by atoms with Gasteiger partial charge in [-0.2, -0.15) is 0 Å². The Morgan fingerprint density at radius 2 is 1.82 bits per heavy atom. The van der Waals surface area contributed by atoms with Gasteiger partial charge in [-0.15, -0.1) is 0 Å². The zero-order valence-corrected chi connectivity index (χ0v) is 7.65. The topological polar surface area (TPSA) is 0 Å². The Hall–Kier alpha value is -0.780. The first kappa shape index (κ1) is 8.32. The molecule has 0 radical (unpaired) electrons. The van der Waals surface area contributed by atoms with Crippen molar-refractivity contribution in [2.24, 2.45) is 0 Å². The second-order valence-corrected chi connectivity index (χ2v) is 2.97. The lowest BCUT2D eigenvalue weighted by Crippen LogP contribution is -1.88. The van der Waals surface area contributed by atoms with Gasteiger partial charge in [0.2, 0.25) is 0 Å². The Bertz CT molecular complexity index is 236. The average molecular weight is 148 g/mol. The number of rotatable bonds is 2. The molecule has 1 aromatic rings. The second kappa shape index (κ2) is 3.56. The summed E-state index contributed by atoms with van der Waals surface area (Å²) in [6.45, 7) is 6.59. The van der Waals surface area contributed by atoms with Crippen molar-refractivity contribution >= 4 is 0 Å². The Morgan fingerprint density at radius 1 is 1.09 bits per heavy atom.